The molecule has 15 aromatic carbocycles. The highest BCUT2D eigenvalue weighted by molar-refractivity contribution is 9.11. The van der Waals surface area contributed by atoms with Crippen molar-refractivity contribution >= 4 is 115 Å². The molecule has 0 bridgehead atoms. The lowest BCUT2D eigenvalue weighted by molar-refractivity contribution is 0.299. The Morgan fingerprint density at radius 1 is 0.246 bits per heavy atom. The molecular weight excluding hydrogens is 1890 g/mol. The molecule has 0 spiro atoms. The fraction of sp³-hybridized carbons (Fsp3) is 0.286. The van der Waals surface area contributed by atoms with E-state index in [-0.39, 0.29) is 43.3 Å². The topological polar surface area (TPSA) is 19.0 Å². The molecule has 680 valence electrons. The molecule has 0 aromatic heterocycles. The quantitative estimate of drug-likeness (QED) is 0.115. The Morgan fingerprint density at radius 3 is 0.761 bits per heavy atom. The van der Waals surface area contributed by atoms with E-state index >= 15 is 0 Å². The smallest absolute Gasteiger partial charge is 0.152 e. The summed E-state index contributed by atoms with van der Waals surface area (Å²) in [7, 11) is 0. The number of halogens is 4. The van der Waals surface area contributed by atoms with Crippen LogP contribution in [0.5, 0.6) is 11.5 Å². The standard InChI is InChI=1S/C70H67Br2NO.C56H60Br2N2/c1-67(2,3)56-21-13-44(14-22-56)48-33-49(45-15-23-57(24-16-45)68(4,5)6)36-52(35-48)54-39-55(41-62(40-54)73-63-31-29-60(71)42-65(63)74-66-43-61(72)30-32-64(66)73)53-37-50(46-17-25-58(26-18-46)69(7,8)9)34-51(38-53)47-19-27-59(28-20-47)70(10,11)12;1-35-29-39(53(5,6)7)30-36(2)51(35)59(43-17-13-41(57)14-18-43)45-21-23-47-48-24-22-46(34-50(48)56-27-11-25-55(56,26-12-28-56)49(47)33-45)60(44-19-15-42(58)16-20-44)52-37(3)31-40(32-38(52)4)54(8,9)10/h13-43H,1-12H3;13-24,29-34H,11-12,25-28H2,1-10H3. The Morgan fingerprint density at radius 2 is 0.493 bits per heavy atom. The Labute approximate surface area is 832 Å². The molecule has 2 saturated carbocycles. The van der Waals surface area contributed by atoms with Crippen molar-refractivity contribution in [1.29, 1.82) is 0 Å². The number of rotatable bonds is 13. The predicted molar refractivity (Wildman–Crippen MR) is 588 cm³/mol. The first-order valence-corrected chi connectivity index (χ1v) is 51.1. The third-order valence-electron chi connectivity index (χ3n) is 29.1. The zero-order valence-electron chi connectivity index (χ0n) is 82.3. The molecule has 0 N–H and O–H groups in total. The maximum absolute atomic E-state index is 6.69. The third-order valence-corrected chi connectivity index (χ3v) is 31.1. The van der Waals surface area contributed by atoms with Crippen molar-refractivity contribution in [1.82, 2.24) is 0 Å². The summed E-state index contributed by atoms with van der Waals surface area (Å²) in [6.45, 7) is 50.4. The minimum absolute atomic E-state index is 0.0446. The fourth-order valence-electron chi connectivity index (χ4n) is 21.7. The minimum atomic E-state index is 0.0446. The molecule has 8 heteroatoms. The molecule has 4 aliphatic rings. The highest BCUT2D eigenvalue weighted by Gasteiger charge is 2.62. The summed E-state index contributed by atoms with van der Waals surface area (Å²) in [4.78, 5) is 7.44. The summed E-state index contributed by atoms with van der Waals surface area (Å²) in [6.07, 6.45) is 7.50. The van der Waals surface area contributed by atoms with Crippen molar-refractivity contribution < 1.29 is 4.74 Å². The Hall–Kier alpha value is -10.6. The van der Waals surface area contributed by atoms with E-state index in [9.17, 15) is 0 Å². The summed E-state index contributed by atoms with van der Waals surface area (Å²) in [5.41, 5.74) is 44.0. The number of aryl methyl sites for hydroxylation is 4. The van der Waals surface area contributed by atoms with Crippen LogP contribution in [0.4, 0.5) is 51.2 Å². The van der Waals surface area contributed by atoms with Gasteiger partial charge in [0.25, 0.3) is 0 Å². The fourth-order valence-corrected chi connectivity index (χ4v) is 23.0. The second kappa shape index (κ2) is 35.5. The van der Waals surface area contributed by atoms with E-state index < -0.39 is 0 Å². The van der Waals surface area contributed by atoms with Crippen molar-refractivity contribution in [3.8, 4) is 89.4 Å². The van der Waals surface area contributed by atoms with Crippen molar-refractivity contribution in [2.75, 3.05) is 14.7 Å². The van der Waals surface area contributed by atoms with Gasteiger partial charge in [-0.15, -0.1) is 0 Å². The number of benzene rings is 15. The van der Waals surface area contributed by atoms with Gasteiger partial charge in [-0.3, -0.25) is 0 Å². The van der Waals surface area contributed by atoms with E-state index in [1.165, 1.54) is 184 Å². The van der Waals surface area contributed by atoms with Crippen LogP contribution in [0.15, 0.2) is 315 Å². The second-order valence-corrected chi connectivity index (χ2v) is 48.4. The molecule has 19 rings (SSSR count). The van der Waals surface area contributed by atoms with Crippen LogP contribution in [0.2, 0.25) is 0 Å². The molecule has 0 amide bonds. The van der Waals surface area contributed by atoms with Crippen LogP contribution in [0.1, 0.15) is 230 Å². The van der Waals surface area contributed by atoms with Gasteiger partial charge in [-0.1, -0.05) is 335 Å². The van der Waals surface area contributed by atoms with E-state index in [1.54, 1.807) is 11.1 Å². The molecule has 0 radical (unpaired) electrons. The maximum Gasteiger partial charge on any atom is 0.152 e. The van der Waals surface area contributed by atoms with E-state index in [1.807, 2.05) is 0 Å². The third kappa shape index (κ3) is 18.3. The van der Waals surface area contributed by atoms with Gasteiger partial charge in [-0.25, -0.2) is 0 Å². The van der Waals surface area contributed by atoms with Crippen molar-refractivity contribution in [3.63, 3.8) is 0 Å². The molecule has 1 heterocycles. The van der Waals surface area contributed by atoms with Gasteiger partial charge in [0.2, 0.25) is 0 Å². The van der Waals surface area contributed by atoms with Crippen LogP contribution >= 0.6 is 63.7 Å². The first kappa shape index (κ1) is 93.8. The van der Waals surface area contributed by atoms with Gasteiger partial charge in [0.05, 0.1) is 22.7 Å². The van der Waals surface area contributed by atoms with Crippen molar-refractivity contribution in [2.45, 2.75) is 234 Å². The molecule has 134 heavy (non-hydrogen) atoms. The first-order chi connectivity index (χ1) is 63.4. The van der Waals surface area contributed by atoms with E-state index in [0.29, 0.717) is 0 Å². The van der Waals surface area contributed by atoms with E-state index in [2.05, 4.69) is 528 Å². The summed E-state index contributed by atoms with van der Waals surface area (Å²) in [5.74, 6) is 1.56. The van der Waals surface area contributed by atoms with Crippen LogP contribution in [-0.4, -0.2) is 0 Å². The van der Waals surface area contributed by atoms with Crippen molar-refractivity contribution in [3.05, 3.63) is 382 Å². The van der Waals surface area contributed by atoms with Crippen LogP contribution in [0, 0.1) is 27.7 Å². The Balaban J connectivity index is 0.000000183. The summed E-state index contributed by atoms with van der Waals surface area (Å²) in [5, 5.41) is 0. The average molecular weight is 2020 g/mol. The van der Waals surface area contributed by atoms with E-state index in [4.69, 9.17) is 4.74 Å². The number of fused-ring (bicyclic) bond motifs is 5. The number of ether oxygens (including phenoxy) is 1. The lowest BCUT2D eigenvalue weighted by Gasteiger charge is -2.48. The number of nitrogens with zero attached hydrogens (tertiary/aromatic N) is 3. The molecule has 3 aliphatic carbocycles. The summed E-state index contributed by atoms with van der Waals surface area (Å²) >= 11 is 15.0. The molecule has 4 nitrogen and oxygen atoms in total. The van der Waals surface area contributed by atoms with Gasteiger partial charge in [0.1, 0.15) is 0 Å². The van der Waals surface area contributed by atoms with Gasteiger partial charge in [0.15, 0.2) is 11.5 Å². The maximum atomic E-state index is 6.69. The number of anilines is 9. The van der Waals surface area contributed by atoms with Crippen LogP contribution < -0.4 is 19.4 Å². The van der Waals surface area contributed by atoms with Crippen molar-refractivity contribution in [2.24, 2.45) is 0 Å². The Bertz CT molecular complexity index is 6390. The van der Waals surface area contributed by atoms with E-state index in [0.717, 1.165) is 68.7 Å². The van der Waals surface area contributed by atoms with Crippen LogP contribution in [0.3, 0.4) is 0 Å². The molecule has 1 aliphatic heterocycles. The largest absolute Gasteiger partial charge is 0.453 e. The average Bonchev–Trinajstić information content (AvgIpc) is 1.47. The predicted octanol–water partition coefficient (Wildman–Crippen LogP) is 39.5. The minimum Gasteiger partial charge on any atom is -0.453 e. The zero-order valence-corrected chi connectivity index (χ0v) is 88.6. The summed E-state index contributed by atoms with van der Waals surface area (Å²) in [6, 6.07) is 113. The van der Waals surface area contributed by atoms with Gasteiger partial charge < -0.3 is 19.4 Å². The Kier molecular flexibility index (Phi) is 24.9. The van der Waals surface area contributed by atoms with Gasteiger partial charge in [-0.2, -0.15) is 0 Å². The number of hydrogen-bond donors (Lipinski definition) is 0. The zero-order chi connectivity index (χ0) is 95.0. The SMILES string of the molecule is CC(C)(C)c1ccc(-c2cc(-c3ccc(C(C)(C)C)cc3)cc(-c3cc(-c4cc(-c5ccc(C(C)(C)C)cc5)cc(-c5ccc(C(C)(C)C)cc5)c4)cc(N4c5ccc(Br)cc5Oc5cc(Br)ccc54)c3)c2)cc1.Cc1cc(C(C)(C)C)cc(C)c1N(c1ccc(Br)cc1)c1ccc2c(c1)C13CCCC1(CCC3)c1cc(N(c3ccc(Br)cc3)c3c(C)cc(C(C)(C)C)cc3C)ccc1-2. The van der Waals surface area contributed by atoms with Gasteiger partial charge >= 0.3 is 0 Å². The highest BCUT2D eigenvalue weighted by Crippen LogP contribution is 2.70. The highest BCUT2D eigenvalue weighted by atomic mass is 79.9. The molecule has 0 unspecified atom stereocenters. The molecule has 15 aromatic rings. The van der Waals surface area contributed by atoms with Gasteiger partial charge in [0, 0.05) is 57.2 Å². The monoisotopic (exact) mass is 2010 g/mol. The second-order valence-electron chi connectivity index (χ2n) is 44.7. The molecule has 2 fully saturated rings. The van der Waals surface area contributed by atoms with Gasteiger partial charge in [-0.05, 0) is 394 Å². The molecule has 0 saturated heterocycles. The van der Waals surface area contributed by atoms with Crippen LogP contribution in [0.25, 0.3) is 77.9 Å². The lowest BCUT2D eigenvalue weighted by atomic mass is 9.55. The normalized spacial score (nSPS) is 15.8. The number of hydrogen-bond acceptors (Lipinski definition) is 4. The molecule has 0 atom stereocenters. The lowest BCUT2D eigenvalue weighted by Crippen LogP contribution is -2.43. The molecular formula is C126H127Br4N3O. The van der Waals surface area contributed by atoms with Crippen LogP contribution in [-0.2, 0) is 43.3 Å². The summed E-state index contributed by atoms with van der Waals surface area (Å²) < 4.78 is 10.8. The first-order valence-electron chi connectivity index (χ1n) is 48.0.